The summed E-state index contributed by atoms with van der Waals surface area (Å²) in [6, 6.07) is 17.7. The van der Waals surface area contributed by atoms with Gasteiger partial charge in [0.15, 0.2) is 0 Å². The van der Waals surface area contributed by atoms with Gasteiger partial charge in [0.25, 0.3) is 5.91 Å². The smallest absolute Gasteiger partial charge is 0.258 e. The van der Waals surface area contributed by atoms with Crippen LogP contribution in [0.2, 0.25) is 0 Å². The zero-order chi connectivity index (χ0) is 15.4. The molecule has 22 heavy (non-hydrogen) atoms. The van der Waals surface area contributed by atoms with Crippen LogP contribution in [0.3, 0.4) is 0 Å². The monoisotopic (exact) mass is 403 g/mol. The van der Waals surface area contributed by atoms with E-state index in [0.717, 1.165) is 14.8 Å². The van der Waals surface area contributed by atoms with Crippen LogP contribution in [0.25, 0.3) is 0 Å². The summed E-state index contributed by atoms with van der Waals surface area (Å²) in [5.41, 5.74) is 2.48. The molecule has 0 fully saturated rings. The largest absolute Gasteiger partial charge is 0.322 e. The first-order valence-corrected chi connectivity index (χ1v) is 7.92. The molecule has 0 aliphatic carbocycles. The van der Waals surface area contributed by atoms with Crippen molar-refractivity contribution in [2.45, 2.75) is 6.54 Å². The maximum atomic E-state index is 12.2. The van der Waals surface area contributed by atoms with E-state index >= 15 is 0 Å². The molecule has 0 atom stereocenters. The molecule has 1 heterocycles. The second-order valence-corrected chi connectivity index (χ2v) is 6.12. The van der Waals surface area contributed by atoms with Crippen molar-refractivity contribution in [3.05, 3.63) is 81.7 Å². The van der Waals surface area contributed by atoms with Gasteiger partial charge >= 0.3 is 0 Å². The third-order valence-corrected chi connectivity index (χ3v) is 3.90. The zero-order valence-electron chi connectivity index (χ0n) is 11.7. The molecule has 1 amide bonds. The second kappa shape index (κ2) is 6.74. The lowest BCUT2D eigenvalue weighted by molar-refractivity contribution is 0.102. The molecule has 0 radical (unpaired) electrons. The number of amides is 1. The van der Waals surface area contributed by atoms with Crippen molar-refractivity contribution in [2.75, 3.05) is 5.32 Å². The van der Waals surface area contributed by atoms with Crippen LogP contribution in [0.4, 0.5) is 5.69 Å². The number of carbonyl (C=O) groups excluding carboxylic acids is 1. The van der Waals surface area contributed by atoms with Gasteiger partial charge in [-0.1, -0.05) is 30.3 Å². The van der Waals surface area contributed by atoms with E-state index in [9.17, 15) is 4.79 Å². The summed E-state index contributed by atoms with van der Waals surface area (Å²) in [7, 11) is 0. The molecule has 0 bridgehead atoms. The Morgan fingerprint density at radius 1 is 1.09 bits per heavy atom. The van der Waals surface area contributed by atoms with Gasteiger partial charge in [-0.05, 0) is 52.4 Å². The molecule has 0 aliphatic rings. The number of anilines is 1. The van der Waals surface area contributed by atoms with Crippen LogP contribution in [-0.2, 0) is 6.54 Å². The van der Waals surface area contributed by atoms with Crippen LogP contribution >= 0.6 is 22.6 Å². The van der Waals surface area contributed by atoms with Crippen LogP contribution < -0.4 is 5.32 Å². The van der Waals surface area contributed by atoms with E-state index in [2.05, 4.69) is 33.0 Å². The number of carbonyl (C=O) groups is 1. The highest BCUT2D eigenvalue weighted by Gasteiger charge is 2.09. The predicted octanol–water partition coefficient (Wildman–Crippen LogP) is 3.79. The Kier molecular flexibility index (Phi) is 4.53. The first-order chi connectivity index (χ1) is 10.7. The lowest BCUT2D eigenvalue weighted by Gasteiger charge is -2.03. The van der Waals surface area contributed by atoms with E-state index in [1.165, 1.54) is 0 Å². The summed E-state index contributed by atoms with van der Waals surface area (Å²) in [6.45, 7) is 0.650. The molecule has 0 aliphatic heterocycles. The van der Waals surface area contributed by atoms with E-state index in [-0.39, 0.29) is 5.91 Å². The molecule has 0 unspecified atom stereocenters. The Balaban J connectivity index is 1.67. The predicted molar refractivity (Wildman–Crippen MR) is 94.9 cm³/mol. The molecule has 4 nitrogen and oxygen atoms in total. The Morgan fingerprint density at radius 3 is 2.55 bits per heavy atom. The minimum atomic E-state index is -0.152. The molecule has 5 heteroatoms. The van der Waals surface area contributed by atoms with Crippen molar-refractivity contribution in [1.29, 1.82) is 0 Å². The minimum absolute atomic E-state index is 0.152. The van der Waals surface area contributed by atoms with Gasteiger partial charge in [0.2, 0.25) is 0 Å². The van der Waals surface area contributed by atoms with E-state index in [0.29, 0.717) is 12.1 Å². The second-order valence-electron chi connectivity index (χ2n) is 4.87. The van der Waals surface area contributed by atoms with Gasteiger partial charge in [-0.3, -0.25) is 9.48 Å². The fourth-order valence-corrected chi connectivity index (χ4v) is 2.43. The average molecular weight is 403 g/mol. The maximum absolute atomic E-state index is 12.2. The quantitative estimate of drug-likeness (QED) is 0.674. The van der Waals surface area contributed by atoms with Crippen molar-refractivity contribution in [3.63, 3.8) is 0 Å². The van der Waals surface area contributed by atoms with Crippen LogP contribution in [0, 0.1) is 3.57 Å². The summed E-state index contributed by atoms with van der Waals surface area (Å²) < 4.78 is 2.89. The highest BCUT2D eigenvalue weighted by Crippen LogP contribution is 2.12. The van der Waals surface area contributed by atoms with Gasteiger partial charge in [0.1, 0.15) is 0 Å². The molecule has 0 saturated heterocycles. The van der Waals surface area contributed by atoms with Crippen molar-refractivity contribution in [1.82, 2.24) is 9.78 Å². The average Bonchev–Trinajstić information content (AvgIpc) is 2.99. The van der Waals surface area contributed by atoms with E-state index in [1.54, 1.807) is 17.1 Å². The van der Waals surface area contributed by atoms with E-state index < -0.39 is 0 Å². The van der Waals surface area contributed by atoms with Gasteiger partial charge in [-0.15, -0.1) is 0 Å². The van der Waals surface area contributed by atoms with E-state index in [4.69, 9.17) is 0 Å². The number of nitrogens with one attached hydrogen (secondary N) is 1. The Morgan fingerprint density at radius 2 is 1.82 bits per heavy atom. The molecule has 1 N–H and O–H groups in total. The molecule has 3 aromatic rings. The topological polar surface area (TPSA) is 46.9 Å². The fraction of sp³-hybridized carbons (Fsp3) is 0.0588. The molecule has 2 aromatic carbocycles. The zero-order valence-corrected chi connectivity index (χ0v) is 13.9. The SMILES string of the molecule is O=C(Nc1ccc(I)cc1)c1cnn(Cc2ccccc2)c1. The van der Waals surface area contributed by atoms with E-state index in [1.807, 2.05) is 54.6 Å². The molecule has 110 valence electrons. The van der Waals surface area contributed by atoms with Crippen molar-refractivity contribution < 1.29 is 4.79 Å². The van der Waals surface area contributed by atoms with Crippen molar-refractivity contribution in [3.8, 4) is 0 Å². The van der Waals surface area contributed by atoms with Crippen molar-refractivity contribution in [2.24, 2.45) is 0 Å². The van der Waals surface area contributed by atoms with Gasteiger partial charge in [-0.2, -0.15) is 5.10 Å². The summed E-state index contributed by atoms with van der Waals surface area (Å²) in [6.07, 6.45) is 3.35. The lowest BCUT2D eigenvalue weighted by atomic mass is 10.2. The number of halogens is 1. The van der Waals surface area contributed by atoms with Crippen LogP contribution in [0.1, 0.15) is 15.9 Å². The molecule has 0 spiro atoms. The highest BCUT2D eigenvalue weighted by atomic mass is 127. The molecular weight excluding hydrogens is 389 g/mol. The molecule has 1 aromatic heterocycles. The third-order valence-electron chi connectivity index (χ3n) is 3.18. The Bertz CT molecular complexity index is 766. The number of aromatic nitrogens is 2. The number of hydrogen-bond acceptors (Lipinski definition) is 2. The standard InChI is InChI=1S/C17H14IN3O/c18-15-6-8-16(9-7-15)20-17(22)14-10-19-21(12-14)11-13-4-2-1-3-5-13/h1-10,12H,11H2,(H,20,22). The number of rotatable bonds is 4. The normalized spacial score (nSPS) is 10.4. The summed E-state index contributed by atoms with van der Waals surface area (Å²) in [5, 5.41) is 7.11. The Hall–Kier alpha value is -2.15. The third kappa shape index (κ3) is 3.73. The van der Waals surface area contributed by atoms with Gasteiger partial charge < -0.3 is 5.32 Å². The minimum Gasteiger partial charge on any atom is -0.322 e. The van der Waals surface area contributed by atoms with Crippen molar-refractivity contribution >= 4 is 34.2 Å². The van der Waals surface area contributed by atoms with Crippen LogP contribution in [0.15, 0.2) is 67.0 Å². The number of benzene rings is 2. The summed E-state index contributed by atoms with van der Waals surface area (Å²) in [5.74, 6) is -0.152. The Labute approximate surface area is 142 Å². The first kappa shape index (κ1) is 14.8. The summed E-state index contributed by atoms with van der Waals surface area (Å²) >= 11 is 2.23. The maximum Gasteiger partial charge on any atom is 0.258 e. The van der Waals surface area contributed by atoms with Gasteiger partial charge in [0.05, 0.1) is 18.3 Å². The molecular formula is C17H14IN3O. The summed E-state index contributed by atoms with van der Waals surface area (Å²) in [4.78, 5) is 12.2. The van der Waals surface area contributed by atoms with Crippen LogP contribution in [-0.4, -0.2) is 15.7 Å². The first-order valence-electron chi connectivity index (χ1n) is 6.84. The number of hydrogen-bond donors (Lipinski definition) is 1. The van der Waals surface area contributed by atoms with Gasteiger partial charge in [0, 0.05) is 15.5 Å². The van der Waals surface area contributed by atoms with Gasteiger partial charge in [-0.25, -0.2) is 0 Å². The number of nitrogens with zero attached hydrogens (tertiary/aromatic N) is 2. The molecule has 0 saturated carbocycles. The van der Waals surface area contributed by atoms with Crippen LogP contribution in [0.5, 0.6) is 0 Å². The highest BCUT2D eigenvalue weighted by molar-refractivity contribution is 14.1. The lowest BCUT2D eigenvalue weighted by Crippen LogP contribution is -2.11. The molecule has 3 rings (SSSR count). The fourth-order valence-electron chi connectivity index (χ4n) is 2.07.